The third-order valence-electron chi connectivity index (χ3n) is 7.29. The van der Waals surface area contributed by atoms with Crippen LogP contribution in [-0.4, -0.2) is 41.8 Å². The zero-order valence-electron chi connectivity index (χ0n) is 17.3. The van der Waals surface area contributed by atoms with E-state index in [1.165, 1.54) is 16.7 Å². The minimum atomic E-state index is -0.378. The van der Waals surface area contributed by atoms with Crippen molar-refractivity contribution in [3.05, 3.63) is 70.2 Å². The number of rotatable bonds is 2. The molecule has 1 saturated carbocycles. The van der Waals surface area contributed by atoms with Crippen LogP contribution in [0.2, 0.25) is 5.02 Å². The van der Waals surface area contributed by atoms with E-state index in [1.54, 1.807) is 0 Å². The maximum Gasteiger partial charge on any atom is 0.229 e. The summed E-state index contributed by atoms with van der Waals surface area (Å²) in [6, 6.07) is 16.2. The van der Waals surface area contributed by atoms with Crippen molar-refractivity contribution in [2.45, 2.75) is 38.1 Å². The van der Waals surface area contributed by atoms with E-state index >= 15 is 0 Å². The molecule has 30 heavy (non-hydrogen) atoms. The van der Waals surface area contributed by atoms with Crippen molar-refractivity contribution < 1.29 is 9.59 Å². The molecule has 2 atom stereocenters. The number of nitrogens with zero attached hydrogens (tertiary/aromatic N) is 2. The molecule has 3 aliphatic rings. The van der Waals surface area contributed by atoms with Crippen LogP contribution in [0.1, 0.15) is 41.9 Å². The number of hydrogen-bond acceptors (Lipinski definition) is 2. The topological polar surface area (TPSA) is 40.6 Å². The monoisotopic (exact) mass is 422 g/mol. The SMILES string of the molecule is CN1Cc2ccccc2CC2(CCN(C(=O)[C@H]3C[C@@H]3c3ccc(Cl)cc3)CC2)C1=O. The van der Waals surface area contributed by atoms with Crippen molar-refractivity contribution in [2.24, 2.45) is 11.3 Å². The molecule has 2 aromatic carbocycles. The van der Waals surface area contributed by atoms with Crippen molar-refractivity contribution in [1.29, 1.82) is 0 Å². The highest BCUT2D eigenvalue weighted by molar-refractivity contribution is 6.30. The predicted octanol–water partition coefficient (Wildman–Crippen LogP) is 4.27. The first-order valence-electron chi connectivity index (χ1n) is 10.8. The molecule has 2 heterocycles. The molecule has 1 aliphatic carbocycles. The van der Waals surface area contributed by atoms with Gasteiger partial charge in [0.05, 0.1) is 5.41 Å². The van der Waals surface area contributed by atoms with Gasteiger partial charge in [-0.25, -0.2) is 0 Å². The largest absolute Gasteiger partial charge is 0.342 e. The number of hydrogen-bond donors (Lipinski definition) is 0. The average molecular weight is 423 g/mol. The number of amides is 2. The van der Waals surface area contributed by atoms with Gasteiger partial charge < -0.3 is 9.80 Å². The third kappa shape index (κ3) is 3.41. The summed E-state index contributed by atoms with van der Waals surface area (Å²) in [7, 11) is 1.91. The molecule has 5 rings (SSSR count). The second-order valence-corrected chi connectivity index (χ2v) is 9.65. The molecule has 0 radical (unpaired) electrons. The van der Waals surface area contributed by atoms with Crippen molar-refractivity contribution in [3.63, 3.8) is 0 Å². The van der Waals surface area contributed by atoms with Crippen molar-refractivity contribution in [3.8, 4) is 0 Å². The lowest BCUT2D eigenvalue weighted by atomic mass is 9.73. The summed E-state index contributed by atoms with van der Waals surface area (Å²) in [4.78, 5) is 30.3. The maximum absolute atomic E-state index is 13.3. The van der Waals surface area contributed by atoms with Gasteiger partial charge in [0.1, 0.15) is 0 Å². The molecule has 1 saturated heterocycles. The number of halogens is 1. The Bertz CT molecular complexity index is 979. The molecule has 0 N–H and O–H groups in total. The Labute approximate surface area is 182 Å². The number of piperidine rings is 1. The lowest BCUT2D eigenvalue weighted by Crippen LogP contribution is -2.50. The fourth-order valence-corrected chi connectivity index (χ4v) is 5.51. The normalized spacial score (nSPS) is 25.1. The third-order valence-corrected chi connectivity index (χ3v) is 7.55. The van der Waals surface area contributed by atoms with E-state index in [4.69, 9.17) is 11.6 Å². The smallest absolute Gasteiger partial charge is 0.229 e. The molecule has 4 nitrogen and oxygen atoms in total. The Morgan fingerprint density at radius 1 is 1.03 bits per heavy atom. The molecular weight excluding hydrogens is 396 g/mol. The summed E-state index contributed by atoms with van der Waals surface area (Å²) >= 11 is 5.99. The Morgan fingerprint density at radius 3 is 2.40 bits per heavy atom. The lowest BCUT2D eigenvalue weighted by molar-refractivity contribution is -0.147. The zero-order chi connectivity index (χ0) is 20.9. The van der Waals surface area contributed by atoms with E-state index in [2.05, 4.69) is 18.2 Å². The summed E-state index contributed by atoms with van der Waals surface area (Å²) < 4.78 is 0. The van der Waals surface area contributed by atoms with Crippen molar-refractivity contribution in [1.82, 2.24) is 9.80 Å². The van der Waals surface area contributed by atoms with Gasteiger partial charge in [0.25, 0.3) is 0 Å². The van der Waals surface area contributed by atoms with Gasteiger partial charge in [-0.3, -0.25) is 9.59 Å². The molecule has 5 heteroatoms. The first-order valence-corrected chi connectivity index (χ1v) is 11.2. The highest BCUT2D eigenvalue weighted by Crippen LogP contribution is 2.49. The van der Waals surface area contributed by atoms with Crippen LogP contribution in [0.15, 0.2) is 48.5 Å². The molecule has 0 aromatic heterocycles. The van der Waals surface area contributed by atoms with Gasteiger partial charge in [-0.15, -0.1) is 0 Å². The molecule has 0 unspecified atom stereocenters. The van der Waals surface area contributed by atoms with Crippen LogP contribution >= 0.6 is 11.6 Å². The molecule has 2 aromatic rings. The number of carbonyl (C=O) groups excluding carboxylic acids is 2. The summed E-state index contributed by atoms with van der Waals surface area (Å²) in [5.74, 6) is 0.868. The molecule has 2 aliphatic heterocycles. The Kier molecular flexibility index (Phi) is 4.85. The minimum absolute atomic E-state index is 0.0773. The molecule has 2 amide bonds. The van der Waals surface area contributed by atoms with Crippen molar-refractivity contribution in [2.75, 3.05) is 20.1 Å². The molecular formula is C25H27ClN2O2. The van der Waals surface area contributed by atoms with Crippen LogP contribution in [0.4, 0.5) is 0 Å². The van der Waals surface area contributed by atoms with Crippen LogP contribution in [0, 0.1) is 11.3 Å². The van der Waals surface area contributed by atoms with E-state index < -0.39 is 0 Å². The number of benzene rings is 2. The van der Waals surface area contributed by atoms with Crippen LogP contribution in [0.3, 0.4) is 0 Å². The van der Waals surface area contributed by atoms with Crippen molar-refractivity contribution >= 4 is 23.4 Å². The number of carbonyl (C=O) groups is 2. The van der Waals surface area contributed by atoms with Gasteiger partial charge in [0, 0.05) is 37.6 Å². The Hall–Kier alpha value is -2.33. The second kappa shape index (κ2) is 7.42. The van der Waals surface area contributed by atoms with Gasteiger partial charge in [-0.2, -0.15) is 0 Å². The van der Waals surface area contributed by atoms with Gasteiger partial charge in [0.15, 0.2) is 0 Å². The van der Waals surface area contributed by atoms with Crippen LogP contribution in [0.25, 0.3) is 0 Å². The average Bonchev–Trinajstić information content (AvgIpc) is 3.56. The minimum Gasteiger partial charge on any atom is -0.342 e. The van der Waals surface area contributed by atoms with Crippen LogP contribution in [0.5, 0.6) is 0 Å². The van der Waals surface area contributed by atoms with Gasteiger partial charge in [-0.05, 0) is 60.4 Å². The predicted molar refractivity (Wildman–Crippen MR) is 117 cm³/mol. The molecule has 2 fully saturated rings. The van der Waals surface area contributed by atoms with Gasteiger partial charge in [0.2, 0.25) is 11.8 Å². The summed E-state index contributed by atoms with van der Waals surface area (Å²) in [5.41, 5.74) is 3.34. The summed E-state index contributed by atoms with van der Waals surface area (Å²) in [6.45, 7) is 2.01. The molecule has 1 spiro atoms. The summed E-state index contributed by atoms with van der Waals surface area (Å²) in [5, 5.41) is 0.725. The molecule has 0 bridgehead atoms. The highest BCUT2D eigenvalue weighted by Gasteiger charge is 2.49. The van der Waals surface area contributed by atoms with Crippen LogP contribution in [-0.2, 0) is 22.6 Å². The quantitative estimate of drug-likeness (QED) is 0.725. The van der Waals surface area contributed by atoms with Gasteiger partial charge in [-0.1, -0.05) is 48.0 Å². The standard InChI is InChI=1S/C25H27ClN2O2/c1-27-16-19-5-3-2-4-18(19)15-25(24(27)30)10-12-28(13-11-25)23(29)22-14-21(22)17-6-8-20(26)9-7-17/h2-9,21-22H,10-16H2,1H3/t21-,22+/m1/s1. The van der Waals surface area contributed by atoms with E-state index in [0.29, 0.717) is 25.6 Å². The fraction of sp³-hybridized carbons (Fsp3) is 0.440. The number of fused-ring (bicyclic) bond motifs is 1. The highest BCUT2D eigenvalue weighted by atomic mass is 35.5. The Balaban J connectivity index is 1.27. The zero-order valence-corrected chi connectivity index (χ0v) is 18.1. The fourth-order valence-electron chi connectivity index (χ4n) is 5.38. The lowest BCUT2D eigenvalue weighted by Gasteiger charge is -2.41. The maximum atomic E-state index is 13.3. The molecule has 156 valence electrons. The number of likely N-dealkylation sites (tertiary alicyclic amines) is 1. The van der Waals surface area contributed by atoms with E-state index in [9.17, 15) is 9.59 Å². The summed E-state index contributed by atoms with van der Waals surface area (Å²) in [6.07, 6.45) is 3.19. The van der Waals surface area contributed by atoms with E-state index in [1.807, 2.05) is 47.2 Å². The van der Waals surface area contributed by atoms with E-state index in [-0.39, 0.29) is 23.1 Å². The van der Waals surface area contributed by atoms with Crippen LogP contribution < -0.4 is 0 Å². The van der Waals surface area contributed by atoms with Gasteiger partial charge >= 0.3 is 0 Å². The first kappa shape index (κ1) is 19.6. The second-order valence-electron chi connectivity index (χ2n) is 9.21. The Morgan fingerprint density at radius 2 is 1.70 bits per heavy atom. The first-order chi connectivity index (χ1) is 14.5. The van der Waals surface area contributed by atoms with E-state index in [0.717, 1.165) is 30.7 Å².